The SMILES string of the molecule is N#C/C(=C\c1ccc(Sc2ccccn2)c([N+](=O)[O-])c1)c1nc2ccccc2[nH]1. The van der Waals surface area contributed by atoms with E-state index in [0.717, 1.165) is 11.0 Å². The van der Waals surface area contributed by atoms with Gasteiger partial charge in [-0.05, 0) is 42.0 Å². The van der Waals surface area contributed by atoms with Crippen molar-refractivity contribution in [3.63, 3.8) is 0 Å². The van der Waals surface area contributed by atoms with Crippen LogP contribution in [0.15, 0.2) is 76.8 Å². The topological polar surface area (TPSA) is 108 Å². The van der Waals surface area contributed by atoms with Crippen LogP contribution in [0.2, 0.25) is 0 Å². The number of para-hydroxylation sites is 2. The molecule has 0 saturated carbocycles. The van der Waals surface area contributed by atoms with Crippen LogP contribution < -0.4 is 0 Å². The summed E-state index contributed by atoms with van der Waals surface area (Å²) in [5, 5.41) is 21.8. The normalized spacial score (nSPS) is 11.3. The van der Waals surface area contributed by atoms with Crippen molar-refractivity contribution in [2.75, 3.05) is 0 Å². The molecule has 2 aromatic heterocycles. The lowest BCUT2D eigenvalue weighted by molar-refractivity contribution is -0.387. The summed E-state index contributed by atoms with van der Waals surface area (Å²) >= 11 is 1.22. The Morgan fingerprint density at radius 1 is 1.17 bits per heavy atom. The molecule has 29 heavy (non-hydrogen) atoms. The Labute approximate surface area is 169 Å². The van der Waals surface area contributed by atoms with Crippen molar-refractivity contribution in [1.82, 2.24) is 15.0 Å². The van der Waals surface area contributed by atoms with Gasteiger partial charge in [0, 0.05) is 12.3 Å². The van der Waals surface area contributed by atoms with Gasteiger partial charge in [0.25, 0.3) is 5.69 Å². The summed E-state index contributed by atoms with van der Waals surface area (Å²) in [4.78, 5) is 23.3. The van der Waals surface area contributed by atoms with E-state index < -0.39 is 4.92 Å². The van der Waals surface area contributed by atoms with Gasteiger partial charge in [-0.3, -0.25) is 10.1 Å². The number of nitro groups is 1. The van der Waals surface area contributed by atoms with Gasteiger partial charge in [-0.25, -0.2) is 9.97 Å². The molecule has 8 heteroatoms. The number of benzene rings is 2. The number of fused-ring (bicyclic) bond motifs is 1. The molecule has 0 bridgehead atoms. The number of H-pyrrole nitrogens is 1. The predicted octanol–water partition coefficient (Wildman–Crippen LogP) is 5.08. The molecule has 0 spiro atoms. The Hall–Kier alpha value is -3.96. The first-order chi connectivity index (χ1) is 14.1. The molecule has 0 fully saturated rings. The predicted molar refractivity (Wildman–Crippen MR) is 111 cm³/mol. The van der Waals surface area contributed by atoms with E-state index in [1.54, 1.807) is 36.5 Å². The van der Waals surface area contributed by atoms with Crippen molar-refractivity contribution in [3.8, 4) is 6.07 Å². The maximum Gasteiger partial charge on any atom is 0.283 e. The van der Waals surface area contributed by atoms with E-state index in [1.807, 2.05) is 30.3 Å². The molecule has 0 saturated heterocycles. The van der Waals surface area contributed by atoms with Crippen molar-refractivity contribution in [2.24, 2.45) is 0 Å². The second kappa shape index (κ2) is 7.96. The number of pyridine rings is 1. The van der Waals surface area contributed by atoms with E-state index in [1.165, 1.54) is 17.8 Å². The highest BCUT2D eigenvalue weighted by molar-refractivity contribution is 7.99. The fraction of sp³-hybridized carbons (Fsp3) is 0. The molecule has 0 atom stereocenters. The molecule has 0 aliphatic carbocycles. The van der Waals surface area contributed by atoms with Crippen LogP contribution in [0.1, 0.15) is 11.4 Å². The van der Waals surface area contributed by atoms with Crippen molar-refractivity contribution in [1.29, 1.82) is 5.26 Å². The maximum absolute atomic E-state index is 11.6. The minimum atomic E-state index is -0.435. The molecule has 4 aromatic rings. The molecule has 1 N–H and O–H groups in total. The number of nitro benzene ring substituents is 1. The van der Waals surface area contributed by atoms with Gasteiger partial charge in [0.05, 0.1) is 26.4 Å². The van der Waals surface area contributed by atoms with E-state index in [2.05, 4.69) is 21.0 Å². The lowest BCUT2D eigenvalue weighted by Crippen LogP contribution is -1.93. The molecule has 140 valence electrons. The fourth-order valence-electron chi connectivity index (χ4n) is 2.77. The number of imidazole rings is 1. The highest BCUT2D eigenvalue weighted by Crippen LogP contribution is 2.35. The number of aromatic amines is 1. The molecule has 0 aliphatic heterocycles. The summed E-state index contributed by atoms with van der Waals surface area (Å²) in [6.07, 6.45) is 3.22. The maximum atomic E-state index is 11.6. The Morgan fingerprint density at radius 3 is 2.72 bits per heavy atom. The van der Waals surface area contributed by atoms with E-state index in [0.29, 0.717) is 26.9 Å². The Balaban J connectivity index is 1.71. The minimum absolute atomic E-state index is 0.0451. The first-order valence-electron chi connectivity index (χ1n) is 8.58. The number of rotatable bonds is 5. The molecular weight excluding hydrogens is 386 g/mol. The molecule has 0 amide bonds. The lowest BCUT2D eigenvalue weighted by atomic mass is 10.1. The standard InChI is InChI=1S/C21H13N5O2S/c22-13-15(21-24-16-5-1-2-6-17(16)25-21)11-14-8-9-19(18(12-14)26(27)28)29-20-7-3-4-10-23-20/h1-12H,(H,24,25)/b15-11+. The average molecular weight is 399 g/mol. The summed E-state index contributed by atoms with van der Waals surface area (Å²) in [5.74, 6) is 0.420. The first-order valence-corrected chi connectivity index (χ1v) is 9.40. The highest BCUT2D eigenvalue weighted by Gasteiger charge is 2.16. The van der Waals surface area contributed by atoms with Gasteiger partial charge in [0.2, 0.25) is 0 Å². The van der Waals surface area contributed by atoms with Gasteiger partial charge in [-0.2, -0.15) is 5.26 Å². The molecule has 0 radical (unpaired) electrons. The summed E-state index contributed by atoms with van der Waals surface area (Å²) in [6, 6.07) is 19.8. The zero-order valence-corrected chi connectivity index (χ0v) is 15.8. The van der Waals surface area contributed by atoms with Gasteiger partial charge in [-0.15, -0.1) is 0 Å². The third-order valence-corrected chi connectivity index (χ3v) is 5.12. The first kappa shape index (κ1) is 18.4. The lowest BCUT2D eigenvalue weighted by Gasteiger charge is -2.04. The van der Waals surface area contributed by atoms with Crippen molar-refractivity contribution >= 4 is 40.1 Å². The minimum Gasteiger partial charge on any atom is -0.337 e. The van der Waals surface area contributed by atoms with Crippen LogP contribution in [0.25, 0.3) is 22.7 Å². The molecule has 7 nitrogen and oxygen atoms in total. The largest absolute Gasteiger partial charge is 0.337 e. The second-order valence-corrected chi connectivity index (χ2v) is 7.09. The van der Waals surface area contributed by atoms with Gasteiger partial charge < -0.3 is 4.98 Å². The van der Waals surface area contributed by atoms with Crippen LogP contribution in [0.5, 0.6) is 0 Å². The van der Waals surface area contributed by atoms with E-state index in [-0.39, 0.29) is 5.69 Å². The third kappa shape index (κ3) is 4.00. The number of nitriles is 1. The van der Waals surface area contributed by atoms with Gasteiger partial charge >= 0.3 is 0 Å². The zero-order chi connectivity index (χ0) is 20.2. The van der Waals surface area contributed by atoms with E-state index >= 15 is 0 Å². The van der Waals surface area contributed by atoms with Crippen LogP contribution in [0.4, 0.5) is 5.69 Å². The van der Waals surface area contributed by atoms with Gasteiger partial charge in [-0.1, -0.05) is 36.0 Å². The molecule has 0 aliphatic rings. The average Bonchev–Trinajstić information content (AvgIpc) is 3.17. The van der Waals surface area contributed by atoms with Crippen molar-refractivity contribution < 1.29 is 4.92 Å². The molecule has 4 rings (SSSR count). The smallest absolute Gasteiger partial charge is 0.283 e. The summed E-state index contributed by atoms with van der Waals surface area (Å²) in [6.45, 7) is 0. The highest BCUT2D eigenvalue weighted by atomic mass is 32.2. The van der Waals surface area contributed by atoms with Crippen LogP contribution in [0.3, 0.4) is 0 Å². The Morgan fingerprint density at radius 2 is 2.00 bits per heavy atom. The second-order valence-electron chi connectivity index (χ2n) is 6.03. The summed E-state index contributed by atoms with van der Waals surface area (Å²) < 4.78 is 0. The third-order valence-electron chi connectivity index (χ3n) is 4.11. The molecule has 2 aromatic carbocycles. The quantitative estimate of drug-likeness (QED) is 0.285. The number of hydrogen-bond donors (Lipinski definition) is 1. The fourth-order valence-corrected chi connectivity index (χ4v) is 3.63. The monoisotopic (exact) mass is 399 g/mol. The van der Waals surface area contributed by atoms with Gasteiger partial charge in [0.15, 0.2) is 0 Å². The van der Waals surface area contributed by atoms with E-state index in [9.17, 15) is 15.4 Å². The Kier molecular flexibility index (Phi) is 5.05. The van der Waals surface area contributed by atoms with Crippen LogP contribution in [0, 0.1) is 21.4 Å². The van der Waals surface area contributed by atoms with E-state index in [4.69, 9.17) is 0 Å². The number of nitrogens with zero attached hydrogens (tertiary/aromatic N) is 4. The van der Waals surface area contributed by atoms with Crippen LogP contribution in [-0.2, 0) is 0 Å². The zero-order valence-electron chi connectivity index (χ0n) is 14.9. The summed E-state index contributed by atoms with van der Waals surface area (Å²) in [5.41, 5.74) is 2.35. The Bertz CT molecular complexity index is 1240. The van der Waals surface area contributed by atoms with Crippen LogP contribution >= 0.6 is 11.8 Å². The van der Waals surface area contributed by atoms with Crippen molar-refractivity contribution in [3.05, 3.63) is 88.4 Å². The van der Waals surface area contributed by atoms with Crippen LogP contribution in [-0.4, -0.2) is 19.9 Å². The molecule has 0 unspecified atom stereocenters. The molecule has 2 heterocycles. The van der Waals surface area contributed by atoms with Gasteiger partial charge in [0.1, 0.15) is 16.9 Å². The summed E-state index contributed by atoms with van der Waals surface area (Å²) in [7, 11) is 0. The number of hydrogen-bond acceptors (Lipinski definition) is 6. The number of allylic oxidation sites excluding steroid dienone is 1. The molecular formula is C21H13N5O2S. The number of aromatic nitrogens is 3. The van der Waals surface area contributed by atoms with Crippen molar-refractivity contribution in [2.45, 2.75) is 9.92 Å². The number of nitrogens with one attached hydrogen (secondary N) is 1.